The Morgan fingerprint density at radius 2 is 1.89 bits per heavy atom. The van der Waals surface area contributed by atoms with Crippen LogP contribution in [0.1, 0.15) is 6.42 Å². The Bertz CT molecular complexity index is 976. The molecule has 1 aromatic carbocycles. The van der Waals surface area contributed by atoms with E-state index in [9.17, 15) is 9.59 Å². The molecule has 0 aliphatic carbocycles. The van der Waals surface area contributed by atoms with Crippen molar-refractivity contribution in [1.82, 2.24) is 20.1 Å². The van der Waals surface area contributed by atoms with E-state index >= 15 is 0 Å². The molecule has 0 bridgehead atoms. The molecule has 3 rings (SSSR count). The smallest absolute Gasteiger partial charge is 0.318 e. The number of rotatable bonds is 6. The van der Waals surface area contributed by atoms with Crippen LogP contribution < -0.4 is 16.0 Å². The predicted octanol–water partition coefficient (Wildman–Crippen LogP) is 3.45. The Labute approximate surface area is 164 Å². The maximum Gasteiger partial charge on any atom is 0.318 e. The quantitative estimate of drug-likeness (QED) is 0.474. The van der Waals surface area contributed by atoms with Gasteiger partial charge in [-0.2, -0.15) is 5.10 Å². The van der Waals surface area contributed by atoms with Gasteiger partial charge in [0.15, 0.2) is 10.6 Å². The fourth-order valence-corrected chi connectivity index (χ4v) is 3.33. The van der Waals surface area contributed by atoms with Crippen molar-refractivity contribution in [3.05, 3.63) is 46.5 Å². The van der Waals surface area contributed by atoms with E-state index in [4.69, 9.17) is 12.2 Å². The van der Waals surface area contributed by atoms with Crippen molar-refractivity contribution in [3.8, 4) is 10.7 Å². The monoisotopic (exact) mass is 402 g/mol. The number of H-pyrrole nitrogens is 1. The molecule has 0 fully saturated rings. The third-order valence-electron chi connectivity index (χ3n) is 3.72. The number of carbonyl (C=O) groups is 2. The fourth-order valence-electron chi connectivity index (χ4n) is 2.39. The van der Waals surface area contributed by atoms with Crippen LogP contribution in [0.15, 0.2) is 41.8 Å². The summed E-state index contributed by atoms with van der Waals surface area (Å²) in [5, 5.41) is 16.9. The number of aromatic amines is 1. The first-order valence-electron chi connectivity index (χ1n) is 8.14. The van der Waals surface area contributed by atoms with E-state index in [0.717, 1.165) is 10.7 Å². The second kappa shape index (κ2) is 8.60. The SMILES string of the molecule is CNC(=O)Nc1ccc(NC(=O)CCn2c(-c3cccs3)n[nH]c2=S)cc1. The molecule has 2 heterocycles. The lowest BCUT2D eigenvalue weighted by molar-refractivity contribution is -0.116. The van der Waals surface area contributed by atoms with Crippen molar-refractivity contribution in [2.45, 2.75) is 13.0 Å². The van der Waals surface area contributed by atoms with E-state index in [1.807, 2.05) is 22.1 Å². The highest BCUT2D eigenvalue weighted by molar-refractivity contribution is 7.71. The van der Waals surface area contributed by atoms with E-state index in [2.05, 4.69) is 26.1 Å². The first-order valence-corrected chi connectivity index (χ1v) is 9.43. The lowest BCUT2D eigenvalue weighted by atomic mass is 10.2. The molecule has 0 radical (unpaired) electrons. The third kappa shape index (κ3) is 4.80. The number of nitrogens with zero attached hydrogens (tertiary/aromatic N) is 2. The molecule has 8 nitrogen and oxygen atoms in total. The van der Waals surface area contributed by atoms with Crippen molar-refractivity contribution < 1.29 is 9.59 Å². The Morgan fingerprint density at radius 1 is 1.19 bits per heavy atom. The molecule has 0 aliphatic rings. The zero-order valence-corrected chi connectivity index (χ0v) is 16.1. The highest BCUT2D eigenvalue weighted by Crippen LogP contribution is 2.23. The highest BCUT2D eigenvalue weighted by atomic mass is 32.1. The van der Waals surface area contributed by atoms with Gasteiger partial charge in [0.25, 0.3) is 0 Å². The van der Waals surface area contributed by atoms with Crippen LogP contribution in [0.25, 0.3) is 10.7 Å². The maximum absolute atomic E-state index is 12.3. The van der Waals surface area contributed by atoms with E-state index < -0.39 is 0 Å². The predicted molar refractivity (Wildman–Crippen MR) is 108 cm³/mol. The zero-order valence-electron chi connectivity index (χ0n) is 14.5. The van der Waals surface area contributed by atoms with Gasteiger partial charge in [0.05, 0.1) is 4.88 Å². The normalized spacial score (nSPS) is 10.4. The highest BCUT2D eigenvalue weighted by Gasteiger charge is 2.11. The number of anilines is 2. The van der Waals surface area contributed by atoms with Gasteiger partial charge < -0.3 is 16.0 Å². The van der Waals surface area contributed by atoms with Crippen LogP contribution in [0.5, 0.6) is 0 Å². The molecule has 0 spiro atoms. The van der Waals surface area contributed by atoms with Crippen LogP contribution in [0.4, 0.5) is 16.2 Å². The first-order chi connectivity index (χ1) is 13.1. The summed E-state index contributed by atoms with van der Waals surface area (Å²) in [6.07, 6.45) is 0.254. The van der Waals surface area contributed by atoms with Gasteiger partial charge in [-0.3, -0.25) is 14.5 Å². The summed E-state index contributed by atoms with van der Waals surface area (Å²) in [5.74, 6) is 0.592. The van der Waals surface area contributed by atoms with E-state index in [-0.39, 0.29) is 18.4 Å². The van der Waals surface area contributed by atoms with Crippen LogP contribution >= 0.6 is 23.6 Å². The van der Waals surface area contributed by atoms with Crippen LogP contribution in [0.2, 0.25) is 0 Å². The molecule has 10 heteroatoms. The summed E-state index contributed by atoms with van der Waals surface area (Å²) in [4.78, 5) is 24.5. The average molecular weight is 403 g/mol. The minimum absolute atomic E-state index is 0.137. The molecule has 0 saturated heterocycles. The second-order valence-corrected chi connectivity index (χ2v) is 6.90. The Kier molecular flexibility index (Phi) is 5.99. The lowest BCUT2D eigenvalue weighted by Crippen LogP contribution is -2.24. The molecule has 3 aromatic rings. The van der Waals surface area contributed by atoms with Gasteiger partial charge >= 0.3 is 6.03 Å². The van der Waals surface area contributed by atoms with Crippen molar-refractivity contribution in [1.29, 1.82) is 0 Å². The average Bonchev–Trinajstić information content (AvgIpc) is 3.31. The largest absolute Gasteiger partial charge is 0.341 e. The molecule has 0 atom stereocenters. The van der Waals surface area contributed by atoms with Crippen LogP contribution in [0.3, 0.4) is 0 Å². The number of thiophene rings is 1. The second-order valence-electron chi connectivity index (χ2n) is 5.56. The van der Waals surface area contributed by atoms with Gasteiger partial charge in [-0.15, -0.1) is 11.3 Å². The summed E-state index contributed by atoms with van der Waals surface area (Å²) >= 11 is 6.83. The first kappa shape index (κ1) is 18.8. The topological polar surface area (TPSA) is 104 Å². The van der Waals surface area contributed by atoms with Crippen LogP contribution in [-0.4, -0.2) is 33.8 Å². The maximum atomic E-state index is 12.3. The molecule has 0 saturated carbocycles. The minimum Gasteiger partial charge on any atom is -0.341 e. The van der Waals surface area contributed by atoms with Gasteiger partial charge in [-0.1, -0.05) is 6.07 Å². The standard InChI is InChI=1S/C17H18N6O2S2/c1-18-16(25)20-12-6-4-11(5-7-12)19-14(24)8-9-23-15(21-22-17(23)26)13-3-2-10-27-13/h2-7,10H,8-9H2,1H3,(H,19,24)(H,22,26)(H2,18,20,25). The molecule has 0 unspecified atom stereocenters. The Morgan fingerprint density at radius 3 is 2.52 bits per heavy atom. The van der Waals surface area contributed by atoms with Crippen molar-refractivity contribution in [3.63, 3.8) is 0 Å². The molecule has 2 aromatic heterocycles. The third-order valence-corrected chi connectivity index (χ3v) is 4.89. The van der Waals surface area contributed by atoms with Crippen LogP contribution in [-0.2, 0) is 11.3 Å². The molecular weight excluding hydrogens is 384 g/mol. The minimum atomic E-state index is -0.301. The zero-order chi connectivity index (χ0) is 19.2. The Hall–Kier alpha value is -2.98. The number of aromatic nitrogens is 3. The van der Waals surface area contributed by atoms with Crippen molar-refractivity contribution in [2.75, 3.05) is 17.7 Å². The van der Waals surface area contributed by atoms with Gasteiger partial charge in [0.1, 0.15) is 0 Å². The number of hydrogen-bond donors (Lipinski definition) is 4. The van der Waals surface area contributed by atoms with Gasteiger partial charge in [0, 0.05) is 31.4 Å². The number of nitrogens with one attached hydrogen (secondary N) is 4. The molecule has 3 amide bonds. The lowest BCUT2D eigenvalue weighted by Gasteiger charge is -2.09. The number of carbonyl (C=O) groups excluding carboxylic acids is 2. The molecule has 0 aliphatic heterocycles. The van der Waals surface area contributed by atoms with Gasteiger partial charge in [-0.05, 0) is 47.9 Å². The van der Waals surface area contributed by atoms with Gasteiger partial charge in [0.2, 0.25) is 5.91 Å². The van der Waals surface area contributed by atoms with Crippen LogP contribution in [0, 0.1) is 4.77 Å². The number of hydrogen-bond acceptors (Lipinski definition) is 5. The number of urea groups is 1. The van der Waals surface area contributed by atoms with Gasteiger partial charge in [-0.25, -0.2) is 4.79 Å². The summed E-state index contributed by atoms with van der Waals surface area (Å²) in [6.45, 7) is 0.421. The van der Waals surface area contributed by atoms with Crippen molar-refractivity contribution >= 4 is 46.9 Å². The molecule has 27 heavy (non-hydrogen) atoms. The summed E-state index contributed by atoms with van der Waals surface area (Å²) in [5.41, 5.74) is 1.29. The molecular formula is C17H18N6O2S2. The summed E-state index contributed by atoms with van der Waals surface area (Å²) in [7, 11) is 1.54. The Balaban J connectivity index is 1.59. The van der Waals surface area contributed by atoms with E-state index in [0.29, 0.717) is 22.7 Å². The fraction of sp³-hybridized carbons (Fsp3) is 0.176. The number of benzene rings is 1. The summed E-state index contributed by atoms with van der Waals surface area (Å²) < 4.78 is 2.30. The molecule has 140 valence electrons. The van der Waals surface area contributed by atoms with E-state index in [1.165, 1.54) is 0 Å². The summed E-state index contributed by atoms with van der Waals surface area (Å²) in [6, 6.07) is 10.5. The van der Waals surface area contributed by atoms with Crippen molar-refractivity contribution in [2.24, 2.45) is 0 Å². The van der Waals surface area contributed by atoms with E-state index in [1.54, 1.807) is 42.6 Å². The number of amides is 3. The molecule has 4 N–H and O–H groups in total.